The zero-order chi connectivity index (χ0) is 19.4. The van der Waals surface area contributed by atoms with Gasteiger partial charge in [-0.2, -0.15) is 0 Å². The molecule has 0 spiro atoms. The van der Waals surface area contributed by atoms with E-state index in [1.165, 1.54) is 11.3 Å². The van der Waals surface area contributed by atoms with Crippen LogP contribution in [0, 0.1) is 5.92 Å². The van der Waals surface area contributed by atoms with Crippen LogP contribution >= 0.6 is 11.3 Å². The number of urea groups is 1. The predicted octanol–water partition coefficient (Wildman–Crippen LogP) is 3.24. The molecule has 0 aliphatic rings. The van der Waals surface area contributed by atoms with E-state index in [0.29, 0.717) is 0 Å². The summed E-state index contributed by atoms with van der Waals surface area (Å²) in [5.41, 5.74) is 7.06. The van der Waals surface area contributed by atoms with E-state index in [0.717, 1.165) is 21.7 Å². The van der Waals surface area contributed by atoms with Crippen LogP contribution in [0.2, 0.25) is 0 Å². The molecule has 142 valence electrons. The molecule has 0 bridgehead atoms. The van der Waals surface area contributed by atoms with Crippen LogP contribution in [0.25, 0.3) is 11.0 Å². The average Bonchev–Trinajstić information content (AvgIpc) is 3.27. The summed E-state index contributed by atoms with van der Waals surface area (Å²) < 4.78 is 0. The molecule has 0 fully saturated rings. The molecule has 3 rings (SSSR count). The Morgan fingerprint density at radius 1 is 1.19 bits per heavy atom. The number of thiophene rings is 1. The third-order valence-electron chi connectivity index (χ3n) is 4.28. The number of hydrogen-bond donors (Lipinski definition) is 4. The zero-order valence-electron chi connectivity index (χ0n) is 15.2. The molecular formula is C19H23N5O2S. The highest BCUT2D eigenvalue weighted by Gasteiger charge is 2.24. The van der Waals surface area contributed by atoms with Crippen LogP contribution in [0.1, 0.15) is 43.1 Å². The lowest BCUT2D eigenvalue weighted by Crippen LogP contribution is -2.38. The number of imidazole rings is 1. The third kappa shape index (κ3) is 4.65. The molecule has 0 radical (unpaired) electrons. The molecule has 2 heterocycles. The molecule has 1 aromatic carbocycles. The first kappa shape index (κ1) is 18.9. The van der Waals surface area contributed by atoms with E-state index in [1.54, 1.807) is 0 Å². The average molecular weight is 385 g/mol. The van der Waals surface area contributed by atoms with Gasteiger partial charge >= 0.3 is 6.03 Å². The monoisotopic (exact) mass is 385 g/mol. The maximum atomic E-state index is 12.7. The molecule has 2 atom stereocenters. The maximum Gasteiger partial charge on any atom is 0.312 e. The van der Waals surface area contributed by atoms with Crippen molar-refractivity contribution >= 4 is 34.3 Å². The summed E-state index contributed by atoms with van der Waals surface area (Å²) >= 11 is 1.47. The summed E-state index contributed by atoms with van der Waals surface area (Å²) in [6.45, 7) is 4.05. The zero-order valence-corrected chi connectivity index (χ0v) is 16.0. The number of amides is 3. The summed E-state index contributed by atoms with van der Waals surface area (Å²) in [6, 6.07) is 10.1. The Bertz CT molecular complexity index is 886. The van der Waals surface area contributed by atoms with Gasteiger partial charge in [-0.1, -0.05) is 32.0 Å². The molecule has 8 heteroatoms. The molecule has 5 N–H and O–H groups in total. The summed E-state index contributed by atoms with van der Waals surface area (Å²) in [5, 5.41) is 7.58. The molecule has 0 saturated heterocycles. The van der Waals surface area contributed by atoms with E-state index in [1.807, 2.05) is 55.6 Å². The number of aromatic nitrogens is 2. The fraction of sp³-hybridized carbons (Fsp3) is 0.316. The second-order valence-electron chi connectivity index (χ2n) is 6.71. The fourth-order valence-corrected chi connectivity index (χ4v) is 3.75. The van der Waals surface area contributed by atoms with Gasteiger partial charge in [-0.25, -0.2) is 9.78 Å². The van der Waals surface area contributed by atoms with Crippen LogP contribution in [0.4, 0.5) is 4.79 Å². The maximum absolute atomic E-state index is 12.7. The SMILES string of the molecule is CC(C)C(NC(=O)CC(NC(N)=O)c1cccs1)c1nc2ccccc2[nH]1. The van der Waals surface area contributed by atoms with Gasteiger partial charge in [0.1, 0.15) is 5.82 Å². The molecule has 3 aromatic rings. The van der Waals surface area contributed by atoms with Crippen molar-refractivity contribution in [3.05, 3.63) is 52.5 Å². The molecule has 0 aliphatic carbocycles. The van der Waals surface area contributed by atoms with E-state index in [-0.39, 0.29) is 24.3 Å². The first-order chi connectivity index (χ1) is 12.9. The van der Waals surface area contributed by atoms with Crippen molar-refractivity contribution in [1.29, 1.82) is 0 Å². The van der Waals surface area contributed by atoms with Crippen molar-refractivity contribution in [2.45, 2.75) is 32.4 Å². The molecule has 7 nitrogen and oxygen atoms in total. The molecular weight excluding hydrogens is 362 g/mol. The normalized spacial score (nSPS) is 13.4. The van der Waals surface area contributed by atoms with Gasteiger partial charge in [-0.3, -0.25) is 4.79 Å². The smallest absolute Gasteiger partial charge is 0.312 e. The quantitative estimate of drug-likeness (QED) is 0.501. The van der Waals surface area contributed by atoms with Crippen molar-refractivity contribution in [3.63, 3.8) is 0 Å². The number of fused-ring (bicyclic) bond motifs is 1. The third-order valence-corrected chi connectivity index (χ3v) is 5.26. The van der Waals surface area contributed by atoms with E-state index in [4.69, 9.17) is 5.73 Å². The van der Waals surface area contributed by atoms with Gasteiger partial charge in [-0.15, -0.1) is 11.3 Å². The van der Waals surface area contributed by atoms with E-state index in [9.17, 15) is 9.59 Å². The van der Waals surface area contributed by atoms with Gasteiger partial charge in [-0.05, 0) is 29.5 Å². The largest absolute Gasteiger partial charge is 0.352 e. The summed E-state index contributed by atoms with van der Waals surface area (Å²) in [7, 11) is 0. The minimum absolute atomic E-state index is 0.104. The van der Waals surface area contributed by atoms with Crippen molar-refractivity contribution in [3.8, 4) is 0 Å². The Morgan fingerprint density at radius 3 is 2.59 bits per heavy atom. The first-order valence-electron chi connectivity index (χ1n) is 8.77. The lowest BCUT2D eigenvalue weighted by molar-refractivity contribution is -0.122. The Balaban J connectivity index is 1.75. The first-order valence-corrected chi connectivity index (χ1v) is 9.65. The van der Waals surface area contributed by atoms with Gasteiger partial charge in [0, 0.05) is 4.88 Å². The highest BCUT2D eigenvalue weighted by atomic mass is 32.1. The van der Waals surface area contributed by atoms with Gasteiger partial charge in [0.2, 0.25) is 5.91 Å². The molecule has 0 aliphatic heterocycles. The molecule has 2 aromatic heterocycles. The Hall–Kier alpha value is -2.87. The Morgan fingerprint density at radius 2 is 1.96 bits per heavy atom. The number of nitrogens with two attached hydrogens (primary N) is 1. The van der Waals surface area contributed by atoms with Crippen LogP contribution in [0.3, 0.4) is 0 Å². The predicted molar refractivity (Wildman–Crippen MR) is 106 cm³/mol. The number of rotatable bonds is 7. The van der Waals surface area contributed by atoms with Crippen LogP contribution in [-0.4, -0.2) is 21.9 Å². The van der Waals surface area contributed by atoms with Crippen LogP contribution in [0.5, 0.6) is 0 Å². The number of nitrogens with one attached hydrogen (secondary N) is 3. The number of carbonyl (C=O) groups excluding carboxylic acids is 2. The minimum atomic E-state index is -0.654. The minimum Gasteiger partial charge on any atom is -0.352 e. The molecule has 2 unspecified atom stereocenters. The Labute approximate surface area is 161 Å². The van der Waals surface area contributed by atoms with E-state index < -0.39 is 12.1 Å². The number of para-hydroxylation sites is 2. The van der Waals surface area contributed by atoms with E-state index >= 15 is 0 Å². The molecule has 27 heavy (non-hydrogen) atoms. The number of benzene rings is 1. The number of nitrogens with zero attached hydrogens (tertiary/aromatic N) is 1. The van der Waals surface area contributed by atoms with Gasteiger partial charge in [0.15, 0.2) is 0 Å². The highest BCUT2D eigenvalue weighted by molar-refractivity contribution is 7.10. The number of carbonyl (C=O) groups is 2. The standard InChI is InChI=1S/C19H23N5O2S/c1-11(2)17(18-21-12-6-3-4-7-13(12)22-18)24-16(25)10-14(23-19(20)26)15-8-5-9-27-15/h3-9,11,14,17H,10H2,1-2H3,(H,21,22)(H,24,25)(H3,20,23,26). The van der Waals surface area contributed by atoms with Crippen molar-refractivity contribution in [2.75, 3.05) is 0 Å². The summed E-state index contributed by atoms with van der Waals surface area (Å²) in [5.74, 6) is 0.676. The number of H-pyrrole nitrogens is 1. The highest BCUT2D eigenvalue weighted by Crippen LogP contribution is 2.25. The summed E-state index contributed by atoms with van der Waals surface area (Å²) in [6.07, 6.45) is 0.104. The van der Waals surface area contributed by atoms with Crippen LogP contribution < -0.4 is 16.4 Å². The number of hydrogen-bond acceptors (Lipinski definition) is 4. The lowest BCUT2D eigenvalue weighted by Gasteiger charge is -2.22. The number of primary amides is 1. The second-order valence-corrected chi connectivity index (χ2v) is 7.69. The van der Waals surface area contributed by atoms with Crippen molar-refractivity contribution in [2.24, 2.45) is 11.7 Å². The number of aromatic amines is 1. The topological polar surface area (TPSA) is 113 Å². The van der Waals surface area contributed by atoms with E-state index in [2.05, 4.69) is 20.6 Å². The molecule has 3 amide bonds. The van der Waals surface area contributed by atoms with Crippen LogP contribution in [-0.2, 0) is 4.79 Å². The van der Waals surface area contributed by atoms with Gasteiger partial charge in [0.05, 0.1) is 29.5 Å². The van der Waals surface area contributed by atoms with Crippen LogP contribution in [0.15, 0.2) is 41.8 Å². The second kappa shape index (κ2) is 8.22. The Kier molecular flexibility index (Phi) is 5.75. The lowest BCUT2D eigenvalue weighted by atomic mass is 10.0. The van der Waals surface area contributed by atoms with Gasteiger partial charge < -0.3 is 21.4 Å². The van der Waals surface area contributed by atoms with Gasteiger partial charge in [0.25, 0.3) is 0 Å². The fourth-order valence-electron chi connectivity index (χ4n) is 2.97. The molecule has 0 saturated carbocycles. The van der Waals surface area contributed by atoms with Crippen molar-refractivity contribution in [1.82, 2.24) is 20.6 Å². The summed E-state index contributed by atoms with van der Waals surface area (Å²) in [4.78, 5) is 32.8. The van der Waals surface area contributed by atoms with Crippen molar-refractivity contribution < 1.29 is 9.59 Å².